The van der Waals surface area contributed by atoms with E-state index in [1.54, 1.807) is 20.8 Å². The highest BCUT2D eigenvalue weighted by atomic mass is 32.2. The summed E-state index contributed by atoms with van der Waals surface area (Å²) in [7, 11) is -2.50. The van der Waals surface area contributed by atoms with E-state index in [1.165, 1.54) is 11.8 Å². The molecule has 1 amide bonds. The number of benzene rings is 2. The molecule has 0 bridgehead atoms. The fourth-order valence-corrected chi connectivity index (χ4v) is 6.50. The van der Waals surface area contributed by atoms with Gasteiger partial charge in [-0.1, -0.05) is 68.9 Å². The van der Waals surface area contributed by atoms with Crippen LogP contribution in [0.2, 0.25) is 18.1 Å². The van der Waals surface area contributed by atoms with Crippen molar-refractivity contribution in [3.8, 4) is 0 Å². The van der Waals surface area contributed by atoms with Gasteiger partial charge in [0.25, 0.3) is 0 Å². The van der Waals surface area contributed by atoms with Crippen molar-refractivity contribution in [1.82, 2.24) is 5.32 Å². The zero-order chi connectivity index (χ0) is 27.2. The van der Waals surface area contributed by atoms with Gasteiger partial charge in [0.1, 0.15) is 16.7 Å². The molecule has 0 aliphatic carbocycles. The maximum Gasteiger partial charge on any atom is 0.409 e. The Morgan fingerprint density at radius 2 is 1.65 bits per heavy atom. The van der Waals surface area contributed by atoms with E-state index in [0.717, 1.165) is 4.90 Å². The minimum atomic E-state index is -2.50. The van der Waals surface area contributed by atoms with E-state index in [1.807, 2.05) is 54.6 Å². The highest BCUT2D eigenvalue weighted by Gasteiger charge is 2.63. The Morgan fingerprint density at radius 3 is 2.27 bits per heavy atom. The largest absolute Gasteiger partial charge is 0.458 e. The molecule has 1 spiro atoms. The van der Waals surface area contributed by atoms with E-state index >= 15 is 0 Å². The Kier molecular flexibility index (Phi) is 7.11. The van der Waals surface area contributed by atoms with Gasteiger partial charge < -0.3 is 19.2 Å². The highest BCUT2D eigenvalue weighted by molar-refractivity contribution is 8.14. The SMILES string of the molecule is CC(C)(C)OC(=O)[C@H]1NC(=O)OC2(C(Sc3ccccc3)=Nc3ccccc32)[C@@H]1O[Si](C)(C)C(C)(C)C. The van der Waals surface area contributed by atoms with Crippen LogP contribution in [0, 0.1) is 0 Å². The van der Waals surface area contributed by atoms with Gasteiger partial charge in [0.05, 0.1) is 5.69 Å². The van der Waals surface area contributed by atoms with Crippen LogP contribution in [0.5, 0.6) is 0 Å². The minimum Gasteiger partial charge on any atom is -0.458 e. The number of hydrogen-bond acceptors (Lipinski definition) is 7. The Balaban J connectivity index is 1.92. The molecular formula is C28H36N2O5SSi. The summed E-state index contributed by atoms with van der Waals surface area (Å²) < 4.78 is 19.0. The van der Waals surface area contributed by atoms with Crippen LogP contribution in [-0.4, -0.2) is 43.2 Å². The molecule has 1 N–H and O–H groups in total. The average molecular weight is 541 g/mol. The lowest BCUT2D eigenvalue weighted by Gasteiger charge is -2.49. The average Bonchev–Trinajstić information content (AvgIpc) is 3.07. The lowest BCUT2D eigenvalue weighted by molar-refractivity contribution is -0.167. The number of thioether (sulfide) groups is 1. The van der Waals surface area contributed by atoms with E-state index < -0.39 is 43.7 Å². The second kappa shape index (κ2) is 9.60. The predicted molar refractivity (Wildman–Crippen MR) is 149 cm³/mol. The first-order valence-corrected chi connectivity index (χ1v) is 16.2. The predicted octanol–water partition coefficient (Wildman–Crippen LogP) is 6.56. The number of hydrogen-bond donors (Lipinski definition) is 1. The summed E-state index contributed by atoms with van der Waals surface area (Å²) in [5.41, 5.74) is -0.794. The first-order valence-electron chi connectivity index (χ1n) is 12.5. The molecule has 2 aromatic rings. The molecule has 0 saturated carbocycles. The van der Waals surface area contributed by atoms with Crippen LogP contribution in [0.3, 0.4) is 0 Å². The zero-order valence-electron chi connectivity index (χ0n) is 22.7. The number of amides is 1. The summed E-state index contributed by atoms with van der Waals surface area (Å²) in [5.74, 6) is -0.569. The summed E-state index contributed by atoms with van der Waals surface area (Å²) in [4.78, 5) is 32.6. The molecule has 0 radical (unpaired) electrons. The van der Waals surface area contributed by atoms with Gasteiger partial charge in [-0.05, 0) is 57.1 Å². The number of nitrogens with one attached hydrogen (secondary N) is 1. The molecule has 3 atom stereocenters. The number of carbonyl (C=O) groups excluding carboxylic acids is 2. The molecule has 1 fully saturated rings. The molecule has 1 saturated heterocycles. The summed E-state index contributed by atoms with van der Waals surface area (Å²) in [5, 5.41) is 3.10. The van der Waals surface area contributed by atoms with Crippen LogP contribution in [0.25, 0.3) is 0 Å². The highest BCUT2D eigenvalue weighted by Crippen LogP contribution is 2.52. The van der Waals surface area contributed by atoms with E-state index in [-0.39, 0.29) is 5.04 Å². The van der Waals surface area contributed by atoms with Crippen molar-refractivity contribution >= 4 is 42.9 Å². The van der Waals surface area contributed by atoms with Gasteiger partial charge >= 0.3 is 12.1 Å². The van der Waals surface area contributed by atoms with Crippen molar-refractivity contribution in [3.05, 3.63) is 60.2 Å². The lowest BCUT2D eigenvalue weighted by Crippen LogP contribution is -2.69. The molecule has 198 valence electrons. The van der Waals surface area contributed by atoms with E-state index in [0.29, 0.717) is 16.3 Å². The van der Waals surface area contributed by atoms with Crippen molar-refractivity contribution in [3.63, 3.8) is 0 Å². The molecule has 1 unspecified atom stereocenters. The van der Waals surface area contributed by atoms with E-state index in [9.17, 15) is 9.59 Å². The number of alkyl carbamates (subject to hydrolysis) is 1. The normalized spacial score (nSPS) is 23.7. The Labute approximate surface area is 224 Å². The summed E-state index contributed by atoms with van der Waals surface area (Å²) in [6.07, 6.45) is -1.62. The molecule has 2 aliphatic heterocycles. The van der Waals surface area contributed by atoms with Crippen LogP contribution < -0.4 is 5.32 Å². The van der Waals surface area contributed by atoms with Gasteiger partial charge in [0, 0.05) is 10.5 Å². The van der Waals surface area contributed by atoms with Gasteiger partial charge in [0.2, 0.25) is 5.60 Å². The third-order valence-corrected chi connectivity index (χ3v) is 12.5. The second-order valence-corrected chi connectivity index (χ2v) is 17.7. The summed E-state index contributed by atoms with van der Waals surface area (Å²) in [6.45, 7) is 16.0. The number of para-hydroxylation sites is 1. The lowest BCUT2D eigenvalue weighted by atomic mass is 9.84. The third-order valence-electron chi connectivity index (χ3n) is 6.92. The summed E-state index contributed by atoms with van der Waals surface area (Å²) in [6, 6.07) is 16.2. The molecule has 7 nitrogen and oxygen atoms in total. The number of carbonyl (C=O) groups is 2. The smallest absolute Gasteiger partial charge is 0.409 e. The number of nitrogens with zero attached hydrogens (tertiary/aromatic N) is 1. The molecule has 4 rings (SSSR count). The first kappa shape index (κ1) is 27.4. The number of rotatable bonds is 4. The molecule has 2 heterocycles. The van der Waals surface area contributed by atoms with Crippen LogP contribution in [0.4, 0.5) is 10.5 Å². The van der Waals surface area contributed by atoms with Crippen LogP contribution in [-0.2, 0) is 24.3 Å². The van der Waals surface area contributed by atoms with Crippen molar-refractivity contribution in [2.24, 2.45) is 4.99 Å². The minimum absolute atomic E-state index is 0.171. The van der Waals surface area contributed by atoms with E-state index in [2.05, 4.69) is 39.2 Å². The first-order chi connectivity index (χ1) is 17.1. The Morgan fingerprint density at radius 1 is 1.03 bits per heavy atom. The molecule has 37 heavy (non-hydrogen) atoms. The Bertz CT molecular complexity index is 1220. The maximum absolute atomic E-state index is 13.6. The zero-order valence-corrected chi connectivity index (χ0v) is 24.6. The van der Waals surface area contributed by atoms with Gasteiger partial charge in [-0.15, -0.1) is 0 Å². The van der Waals surface area contributed by atoms with Gasteiger partial charge in [0.15, 0.2) is 14.4 Å². The maximum atomic E-state index is 13.6. The van der Waals surface area contributed by atoms with Gasteiger partial charge in [-0.25, -0.2) is 14.6 Å². The number of ether oxygens (including phenoxy) is 2. The number of esters is 1. The van der Waals surface area contributed by atoms with Gasteiger partial charge in [-0.3, -0.25) is 0 Å². The molecule has 9 heteroatoms. The van der Waals surface area contributed by atoms with E-state index in [4.69, 9.17) is 18.9 Å². The molecule has 2 aliphatic rings. The topological polar surface area (TPSA) is 86.2 Å². The fourth-order valence-electron chi connectivity index (χ4n) is 4.13. The van der Waals surface area contributed by atoms with Crippen LogP contribution in [0.15, 0.2) is 64.5 Å². The van der Waals surface area contributed by atoms with Crippen LogP contribution >= 0.6 is 11.8 Å². The van der Waals surface area contributed by atoms with Crippen molar-refractivity contribution in [1.29, 1.82) is 0 Å². The van der Waals surface area contributed by atoms with Crippen molar-refractivity contribution < 1.29 is 23.5 Å². The fraction of sp³-hybridized carbons (Fsp3) is 0.464. The quantitative estimate of drug-likeness (QED) is 0.349. The second-order valence-electron chi connectivity index (χ2n) is 11.9. The van der Waals surface area contributed by atoms with Crippen molar-refractivity contribution in [2.75, 3.05) is 0 Å². The van der Waals surface area contributed by atoms with Gasteiger partial charge in [-0.2, -0.15) is 0 Å². The monoisotopic (exact) mass is 540 g/mol. The number of fused-ring (bicyclic) bond motifs is 2. The van der Waals surface area contributed by atoms with Crippen molar-refractivity contribution in [2.45, 2.75) is 87.9 Å². The number of aliphatic imine (C=N–C) groups is 1. The summed E-state index contributed by atoms with van der Waals surface area (Å²) >= 11 is 1.41. The Hall–Kier alpha value is -2.62. The third kappa shape index (κ3) is 5.35. The van der Waals surface area contributed by atoms with Crippen LogP contribution in [0.1, 0.15) is 47.1 Å². The molecule has 2 aromatic carbocycles. The molecular weight excluding hydrogens is 504 g/mol. The standard InChI is InChI=1S/C28H36N2O5SSi/c1-26(2,3)33-23(31)21-22(35-37(7,8)27(4,5)6)28(34-25(32)30-21)19-16-12-13-17-20(19)29-24(28)36-18-14-10-9-11-15-18/h9-17,21-22H,1-8H3,(H,30,32)/t21-,22+,28?/m0/s1. The molecule has 0 aromatic heterocycles.